The summed E-state index contributed by atoms with van der Waals surface area (Å²) in [5.41, 5.74) is 5.78. The van der Waals surface area contributed by atoms with E-state index in [-0.39, 0.29) is 0 Å². The van der Waals surface area contributed by atoms with Crippen LogP contribution in [0.4, 0.5) is 0 Å². The van der Waals surface area contributed by atoms with E-state index in [9.17, 15) is 0 Å². The van der Waals surface area contributed by atoms with Crippen LogP contribution in [0.3, 0.4) is 0 Å². The molecule has 1 atom stereocenters. The lowest BCUT2D eigenvalue weighted by atomic mass is 9.95. The molecule has 3 heteroatoms. The molecule has 1 fully saturated rings. The summed E-state index contributed by atoms with van der Waals surface area (Å²) < 4.78 is 0. The molecule has 0 saturated carbocycles. The number of rotatable bonds is 6. The van der Waals surface area contributed by atoms with Crippen molar-refractivity contribution in [2.45, 2.75) is 39.7 Å². The first-order valence-electron chi connectivity index (χ1n) is 6.83. The molecular formula is C13H29N3. The molecule has 1 rings (SSSR count). The molecule has 0 spiro atoms. The van der Waals surface area contributed by atoms with Crippen molar-refractivity contribution < 1.29 is 0 Å². The Morgan fingerprint density at radius 3 is 2.38 bits per heavy atom. The van der Waals surface area contributed by atoms with E-state index in [1.54, 1.807) is 0 Å². The van der Waals surface area contributed by atoms with Gasteiger partial charge < -0.3 is 16.0 Å². The monoisotopic (exact) mass is 227 g/mol. The van der Waals surface area contributed by atoms with E-state index in [4.69, 9.17) is 5.73 Å². The maximum absolute atomic E-state index is 5.78. The first-order chi connectivity index (χ1) is 7.67. The van der Waals surface area contributed by atoms with Crippen LogP contribution in [-0.2, 0) is 0 Å². The van der Waals surface area contributed by atoms with Crippen molar-refractivity contribution in [2.24, 2.45) is 17.6 Å². The Morgan fingerprint density at radius 2 is 1.94 bits per heavy atom. The van der Waals surface area contributed by atoms with Crippen molar-refractivity contribution in [1.29, 1.82) is 0 Å². The van der Waals surface area contributed by atoms with E-state index in [1.165, 1.54) is 32.5 Å². The summed E-state index contributed by atoms with van der Waals surface area (Å²) in [5.74, 6) is 1.32. The highest BCUT2D eigenvalue weighted by Gasteiger charge is 2.19. The Bertz CT molecular complexity index is 174. The van der Waals surface area contributed by atoms with Crippen LogP contribution in [0.2, 0.25) is 0 Å². The molecule has 1 aliphatic heterocycles. The van der Waals surface area contributed by atoms with Crippen LogP contribution in [-0.4, -0.2) is 43.7 Å². The molecule has 1 unspecified atom stereocenters. The lowest BCUT2D eigenvalue weighted by molar-refractivity contribution is 0.200. The molecule has 0 aromatic heterocycles. The molecule has 0 aromatic carbocycles. The van der Waals surface area contributed by atoms with Crippen LogP contribution in [0.25, 0.3) is 0 Å². The van der Waals surface area contributed by atoms with Gasteiger partial charge >= 0.3 is 0 Å². The highest BCUT2D eigenvalue weighted by molar-refractivity contribution is 4.78. The highest BCUT2D eigenvalue weighted by atomic mass is 15.1. The third kappa shape index (κ3) is 4.40. The van der Waals surface area contributed by atoms with Crippen molar-refractivity contribution in [1.82, 2.24) is 10.2 Å². The predicted octanol–water partition coefficient (Wildman–Crippen LogP) is 1.29. The Hall–Kier alpha value is -0.120. The number of likely N-dealkylation sites (tertiary alicyclic amines) is 1. The summed E-state index contributed by atoms with van der Waals surface area (Å²) in [5, 5.41) is 3.69. The summed E-state index contributed by atoms with van der Waals surface area (Å²) in [7, 11) is 0. The second-order valence-corrected chi connectivity index (χ2v) is 5.36. The molecule has 1 aliphatic rings. The number of piperidine rings is 1. The van der Waals surface area contributed by atoms with Gasteiger partial charge in [-0.15, -0.1) is 0 Å². The lowest BCUT2D eigenvalue weighted by Gasteiger charge is -2.32. The minimum Gasteiger partial charge on any atom is -0.330 e. The van der Waals surface area contributed by atoms with Crippen molar-refractivity contribution in [3.05, 3.63) is 0 Å². The van der Waals surface area contributed by atoms with E-state index >= 15 is 0 Å². The van der Waals surface area contributed by atoms with Crippen LogP contribution in [0.1, 0.15) is 33.6 Å². The van der Waals surface area contributed by atoms with Gasteiger partial charge in [0.25, 0.3) is 0 Å². The van der Waals surface area contributed by atoms with Crippen molar-refractivity contribution in [3.8, 4) is 0 Å². The fourth-order valence-electron chi connectivity index (χ4n) is 2.36. The molecule has 16 heavy (non-hydrogen) atoms. The number of nitrogens with one attached hydrogen (secondary N) is 1. The topological polar surface area (TPSA) is 41.3 Å². The van der Waals surface area contributed by atoms with Gasteiger partial charge in [-0.25, -0.2) is 0 Å². The van der Waals surface area contributed by atoms with E-state index in [0.29, 0.717) is 11.8 Å². The summed E-state index contributed by atoms with van der Waals surface area (Å²) in [4.78, 5) is 2.53. The molecule has 1 heterocycles. The van der Waals surface area contributed by atoms with Gasteiger partial charge in [-0.1, -0.05) is 20.8 Å². The largest absolute Gasteiger partial charge is 0.330 e. The molecule has 0 bridgehead atoms. The number of hydrogen-bond acceptors (Lipinski definition) is 3. The zero-order valence-electron chi connectivity index (χ0n) is 11.2. The number of nitrogens with zero attached hydrogens (tertiary/aromatic N) is 1. The molecule has 0 aromatic rings. The molecule has 3 N–H and O–H groups in total. The first-order valence-corrected chi connectivity index (χ1v) is 6.83. The van der Waals surface area contributed by atoms with Gasteiger partial charge in [0, 0.05) is 6.04 Å². The summed E-state index contributed by atoms with van der Waals surface area (Å²) >= 11 is 0. The van der Waals surface area contributed by atoms with E-state index in [2.05, 4.69) is 31.0 Å². The van der Waals surface area contributed by atoms with E-state index < -0.39 is 0 Å². The Kier molecular flexibility index (Phi) is 6.32. The van der Waals surface area contributed by atoms with Crippen molar-refractivity contribution in [3.63, 3.8) is 0 Å². The second kappa shape index (κ2) is 7.25. The molecule has 1 saturated heterocycles. The van der Waals surface area contributed by atoms with Crippen LogP contribution >= 0.6 is 0 Å². The molecule has 0 aliphatic carbocycles. The van der Waals surface area contributed by atoms with E-state index in [0.717, 1.165) is 19.1 Å². The third-order valence-electron chi connectivity index (χ3n) is 3.95. The highest BCUT2D eigenvalue weighted by Crippen LogP contribution is 2.12. The van der Waals surface area contributed by atoms with Gasteiger partial charge in [-0.2, -0.15) is 0 Å². The van der Waals surface area contributed by atoms with Crippen molar-refractivity contribution in [2.75, 3.05) is 32.7 Å². The van der Waals surface area contributed by atoms with Gasteiger partial charge in [0.2, 0.25) is 0 Å². The van der Waals surface area contributed by atoms with Gasteiger partial charge in [0.1, 0.15) is 0 Å². The van der Waals surface area contributed by atoms with Gasteiger partial charge in [0.05, 0.1) is 0 Å². The van der Waals surface area contributed by atoms with Crippen LogP contribution in [0, 0.1) is 11.8 Å². The average Bonchev–Trinajstić information content (AvgIpc) is 2.30. The second-order valence-electron chi connectivity index (χ2n) is 5.36. The average molecular weight is 227 g/mol. The number of hydrogen-bond donors (Lipinski definition) is 2. The minimum atomic E-state index is 0.629. The maximum atomic E-state index is 5.78. The van der Waals surface area contributed by atoms with Crippen LogP contribution in [0.5, 0.6) is 0 Å². The Morgan fingerprint density at radius 1 is 1.31 bits per heavy atom. The molecule has 3 nitrogen and oxygen atoms in total. The lowest BCUT2D eigenvalue weighted by Crippen LogP contribution is -2.45. The summed E-state index contributed by atoms with van der Waals surface area (Å²) in [6.45, 7) is 12.4. The molecule has 96 valence electrons. The Labute approximate surface area is 101 Å². The smallest absolute Gasteiger partial charge is 0.00915 e. The standard InChI is InChI=1S/C13H29N3/c1-4-16-7-5-13(6-8-16)15-10-12(9-14)11(2)3/h11-13,15H,4-10,14H2,1-3H3. The molecule has 0 amide bonds. The summed E-state index contributed by atoms with van der Waals surface area (Å²) in [6.07, 6.45) is 2.59. The predicted molar refractivity (Wildman–Crippen MR) is 70.5 cm³/mol. The SMILES string of the molecule is CCN1CCC(NCC(CN)C(C)C)CC1. The van der Waals surface area contributed by atoms with Crippen molar-refractivity contribution >= 4 is 0 Å². The molecular weight excluding hydrogens is 198 g/mol. The van der Waals surface area contributed by atoms with Crippen LogP contribution < -0.4 is 11.1 Å². The maximum Gasteiger partial charge on any atom is 0.00915 e. The normalized spacial score (nSPS) is 21.6. The number of nitrogens with two attached hydrogens (primary N) is 1. The fourth-order valence-corrected chi connectivity index (χ4v) is 2.36. The summed E-state index contributed by atoms with van der Waals surface area (Å²) in [6, 6.07) is 0.718. The minimum absolute atomic E-state index is 0.629. The fraction of sp³-hybridized carbons (Fsp3) is 1.00. The van der Waals surface area contributed by atoms with Crippen LogP contribution in [0.15, 0.2) is 0 Å². The van der Waals surface area contributed by atoms with Gasteiger partial charge in [-0.3, -0.25) is 0 Å². The van der Waals surface area contributed by atoms with E-state index in [1.807, 2.05) is 0 Å². The Balaban J connectivity index is 2.18. The third-order valence-corrected chi connectivity index (χ3v) is 3.95. The zero-order valence-corrected chi connectivity index (χ0v) is 11.2. The zero-order chi connectivity index (χ0) is 12.0. The van der Waals surface area contributed by atoms with Gasteiger partial charge in [0.15, 0.2) is 0 Å². The first kappa shape index (κ1) is 13.9. The van der Waals surface area contributed by atoms with Gasteiger partial charge in [-0.05, 0) is 57.4 Å². The molecule has 0 radical (unpaired) electrons. The quantitative estimate of drug-likeness (QED) is 0.718.